The quantitative estimate of drug-likeness (QED) is 0.790. The number of halogens is 1. The van der Waals surface area contributed by atoms with Crippen LogP contribution in [0.5, 0.6) is 5.75 Å². The van der Waals surface area contributed by atoms with E-state index in [0.29, 0.717) is 10.0 Å². The van der Waals surface area contributed by atoms with Crippen molar-refractivity contribution < 1.29 is 5.11 Å². The van der Waals surface area contributed by atoms with Crippen LogP contribution in [0.1, 0.15) is 0 Å². The van der Waals surface area contributed by atoms with Crippen LogP contribution < -0.4 is 5.56 Å². The van der Waals surface area contributed by atoms with E-state index in [0.717, 1.165) is 9.90 Å². The highest BCUT2D eigenvalue weighted by Crippen LogP contribution is 2.34. The van der Waals surface area contributed by atoms with Gasteiger partial charge in [0.2, 0.25) is 0 Å². The molecule has 0 amide bonds. The van der Waals surface area contributed by atoms with Crippen molar-refractivity contribution in [2.45, 2.75) is 9.24 Å². The van der Waals surface area contributed by atoms with Crippen molar-refractivity contribution in [3.63, 3.8) is 0 Å². The molecule has 0 bridgehead atoms. The summed E-state index contributed by atoms with van der Waals surface area (Å²) in [6.45, 7) is 0. The van der Waals surface area contributed by atoms with Gasteiger partial charge in [0.05, 0.1) is 9.90 Å². The molecule has 0 fully saturated rings. The Hall–Kier alpha value is -1.76. The Morgan fingerprint density at radius 1 is 1.24 bits per heavy atom. The summed E-state index contributed by atoms with van der Waals surface area (Å²) in [6, 6.07) is 11.8. The third kappa shape index (κ3) is 3.12. The molecule has 0 atom stereocenters. The van der Waals surface area contributed by atoms with E-state index in [9.17, 15) is 9.90 Å². The number of nitrogens with zero attached hydrogens (tertiary/aromatic N) is 2. The highest BCUT2D eigenvalue weighted by atomic mass is 35.5. The van der Waals surface area contributed by atoms with Gasteiger partial charge in [0.1, 0.15) is 10.8 Å². The summed E-state index contributed by atoms with van der Waals surface area (Å²) in [5.41, 5.74) is 0.631. The Bertz CT molecular complexity index is 827. The van der Waals surface area contributed by atoms with Crippen molar-refractivity contribution in [3.8, 4) is 11.4 Å². The number of pyridine rings is 1. The molecule has 1 N–H and O–H groups in total. The molecule has 3 rings (SSSR count). The number of benzene rings is 1. The molecule has 4 nitrogen and oxygen atoms in total. The third-order valence-corrected chi connectivity index (χ3v) is 5.06. The Labute approximate surface area is 133 Å². The minimum Gasteiger partial charge on any atom is -0.505 e. The van der Waals surface area contributed by atoms with Gasteiger partial charge in [0, 0.05) is 17.3 Å². The first-order valence-corrected chi connectivity index (χ1v) is 7.91. The van der Waals surface area contributed by atoms with Gasteiger partial charge in [-0.3, -0.25) is 4.79 Å². The summed E-state index contributed by atoms with van der Waals surface area (Å²) >= 11 is 8.40. The maximum Gasteiger partial charge on any atom is 0.266 e. The van der Waals surface area contributed by atoms with E-state index in [2.05, 4.69) is 4.98 Å². The lowest BCUT2D eigenvalue weighted by atomic mass is 10.3. The Balaban J connectivity index is 1.93. The molecule has 0 unspecified atom stereocenters. The first-order valence-electron chi connectivity index (χ1n) is 5.94. The first-order chi connectivity index (χ1) is 10.1. The lowest BCUT2D eigenvalue weighted by Gasteiger charge is -2.01. The monoisotopic (exact) mass is 336 g/mol. The van der Waals surface area contributed by atoms with Gasteiger partial charge in [0.25, 0.3) is 5.56 Å². The summed E-state index contributed by atoms with van der Waals surface area (Å²) in [7, 11) is 0. The van der Waals surface area contributed by atoms with Crippen LogP contribution in [0.2, 0.25) is 5.02 Å². The Morgan fingerprint density at radius 3 is 2.71 bits per heavy atom. The molecule has 0 saturated carbocycles. The SMILES string of the molecule is O=c1cc(Sc2ncccc2O)sn1-c1ccc(Cl)cc1. The average molecular weight is 337 g/mol. The second-order valence-electron chi connectivity index (χ2n) is 4.09. The number of rotatable bonds is 3. The van der Waals surface area contributed by atoms with Crippen LogP contribution in [0.3, 0.4) is 0 Å². The maximum absolute atomic E-state index is 12.0. The smallest absolute Gasteiger partial charge is 0.266 e. The normalized spacial score (nSPS) is 10.7. The number of aromatic hydroxyl groups is 1. The van der Waals surface area contributed by atoms with E-state index in [1.54, 1.807) is 46.6 Å². The molecule has 0 spiro atoms. The molecule has 2 heterocycles. The van der Waals surface area contributed by atoms with Gasteiger partial charge in [-0.1, -0.05) is 23.4 Å². The van der Waals surface area contributed by atoms with E-state index in [4.69, 9.17) is 11.6 Å². The number of aromatic nitrogens is 2. The predicted octanol–water partition coefficient (Wildman–Crippen LogP) is 3.80. The largest absolute Gasteiger partial charge is 0.505 e. The summed E-state index contributed by atoms with van der Waals surface area (Å²) in [4.78, 5) is 16.1. The molecule has 0 saturated heterocycles. The van der Waals surface area contributed by atoms with Crippen molar-refractivity contribution in [1.29, 1.82) is 0 Å². The fourth-order valence-electron chi connectivity index (χ4n) is 1.68. The van der Waals surface area contributed by atoms with Crippen LogP contribution in [-0.2, 0) is 0 Å². The molecule has 1 aromatic carbocycles. The van der Waals surface area contributed by atoms with Crippen LogP contribution in [0.15, 0.2) is 62.7 Å². The highest BCUT2D eigenvalue weighted by Gasteiger charge is 2.10. The van der Waals surface area contributed by atoms with Crippen LogP contribution >= 0.6 is 34.9 Å². The molecule has 3 aromatic rings. The predicted molar refractivity (Wildman–Crippen MR) is 85.0 cm³/mol. The molecular weight excluding hydrogens is 328 g/mol. The van der Waals surface area contributed by atoms with Gasteiger partial charge in [-0.05, 0) is 47.9 Å². The summed E-state index contributed by atoms with van der Waals surface area (Å²) in [5.74, 6) is 0.0985. The van der Waals surface area contributed by atoms with Gasteiger partial charge in [0.15, 0.2) is 0 Å². The minimum absolute atomic E-state index is 0.0985. The lowest BCUT2D eigenvalue weighted by molar-refractivity contribution is 0.457. The molecule has 2 aromatic heterocycles. The standard InChI is InChI=1S/C14H9ClN2O2S2/c15-9-3-5-10(6-4-9)17-12(19)8-13(21-17)20-14-11(18)2-1-7-16-14/h1-8,18H. The van der Waals surface area contributed by atoms with Crippen LogP contribution in [0.4, 0.5) is 0 Å². The fourth-order valence-corrected chi connectivity index (χ4v) is 3.76. The van der Waals surface area contributed by atoms with Crippen molar-refractivity contribution in [3.05, 3.63) is 64.0 Å². The highest BCUT2D eigenvalue weighted by molar-refractivity contribution is 8.01. The zero-order valence-corrected chi connectivity index (χ0v) is 13.0. The van der Waals surface area contributed by atoms with Crippen molar-refractivity contribution in [2.75, 3.05) is 0 Å². The molecule has 0 aliphatic heterocycles. The lowest BCUT2D eigenvalue weighted by Crippen LogP contribution is -2.08. The summed E-state index contributed by atoms with van der Waals surface area (Å²) in [5, 5.41) is 10.8. The second-order valence-corrected chi connectivity index (χ2v) is 6.81. The number of hydrogen-bond acceptors (Lipinski definition) is 5. The maximum atomic E-state index is 12.0. The third-order valence-electron chi connectivity index (χ3n) is 2.63. The first kappa shape index (κ1) is 14.2. The minimum atomic E-state index is -0.125. The van der Waals surface area contributed by atoms with Crippen LogP contribution in [0, 0.1) is 0 Å². The van der Waals surface area contributed by atoms with Crippen molar-refractivity contribution in [1.82, 2.24) is 8.94 Å². The van der Waals surface area contributed by atoms with E-state index in [-0.39, 0.29) is 11.3 Å². The van der Waals surface area contributed by atoms with Gasteiger partial charge < -0.3 is 5.11 Å². The van der Waals surface area contributed by atoms with Crippen molar-refractivity contribution >= 4 is 34.9 Å². The molecule has 0 radical (unpaired) electrons. The van der Waals surface area contributed by atoms with E-state index in [1.807, 2.05) is 0 Å². The van der Waals surface area contributed by atoms with Gasteiger partial charge in [-0.15, -0.1) is 0 Å². The zero-order chi connectivity index (χ0) is 14.8. The summed E-state index contributed by atoms with van der Waals surface area (Å²) in [6.07, 6.45) is 1.60. The van der Waals surface area contributed by atoms with Gasteiger partial charge in [-0.25, -0.2) is 8.94 Å². The molecular formula is C14H9ClN2O2S2. The number of hydrogen-bond donors (Lipinski definition) is 1. The van der Waals surface area contributed by atoms with E-state index < -0.39 is 0 Å². The molecule has 21 heavy (non-hydrogen) atoms. The fraction of sp³-hybridized carbons (Fsp3) is 0. The molecule has 106 valence electrons. The van der Waals surface area contributed by atoms with Gasteiger partial charge in [-0.2, -0.15) is 0 Å². The summed E-state index contributed by atoms with van der Waals surface area (Å²) < 4.78 is 2.32. The Kier molecular flexibility index (Phi) is 4.01. The second kappa shape index (κ2) is 5.93. The van der Waals surface area contributed by atoms with Crippen LogP contribution in [0.25, 0.3) is 5.69 Å². The van der Waals surface area contributed by atoms with E-state index in [1.165, 1.54) is 29.4 Å². The van der Waals surface area contributed by atoms with E-state index >= 15 is 0 Å². The topological polar surface area (TPSA) is 55.1 Å². The van der Waals surface area contributed by atoms with Crippen molar-refractivity contribution in [2.24, 2.45) is 0 Å². The zero-order valence-electron chi connectivity index (χ0n) is 10.6. The molecule has 0 aliphatic carbocycles. The molecule has 0 aliphatic rings. The Morgan fingerprint density at radius 2 is 2.00 bits per heavy atom. The molecule has 7 heteroatoms. The van der Waals surface area contributed by atoms with Gasteiger partial charge >= 0.3 is 0 Å². The van der Waals surface area contributed by atoms with Crippen LogP contribution in [-0.4, -0.2) is 14.0 Å². The average Bonchev–Trinajstić information content (AvgIpc) is 2.83.